The quantitative estimate of drug-likeness (QED) is 0.846. The molecule has 1 saturated carbocycles. The zero-order chi connectivity index (χ0) is 13.7. The minimum absolute atomic E-state index is 0.379. The lowest BCUT2D eigenvalue weighted by molar-refractivity contribution is 0.222. The summed E-state index contributed by atoms with van der Waals surface area (Å²) < 4.78 is 0. The van der Waals surface area contributed by atoms with E-state index in [1.54, 1.807) is 6.07 Å². The largest absolute Gasteiger partial charge is 0.508 e. The number of hydrogen-bond acceptors (Lipinski definition) is 2. The van der Waals surface area contributed by atoms with Gasteiger partial charge in [-0.15, -0.1) is 0 Å². The number of hydrogen-bond donors (Lipinski definition) is 2. The van der Waals surface area contributed by atoms with Crippen molar-refractivity contribution in [1.29, 1.82) is 0 Å². The molecule has 0 radical (unpaired) electrons. The highest BCUT2D eigenvalue weighted by Crippen LogP contribution is 2.32. The summed E-state index contributed by atoms with van der Waals surface area (Å²) in [6.45, 7) is 5.58. The van der Waals surface area contributed by atoms with Crippen molar-refractivity contribution < 1.29 is 5.11 Å². The Morgan fingerprint density at radius 2 is 2.21 bits per heavy atom. The predicted octanol–water partition coefficient (Wildman–Crippen LogP) is 3.74. The molecule has 19 heavy (non-hydrogen) atoms. The number of rotatable bonds is 5. The zero-order valence-corrected chi connectivity index (χ0v) is 12.2. The van der Waals surface area contributed by atoms with Gasteiger partial charge in [-0.05, 0) is 55.3 Å². The predicted molar refractivity (Wildman–Crippen MR) is 80.4 cm³/mol. The first-order valence-corrected chi connectivity index (χ1v) is 7.70. The average molecular weight is 261 g/mol. The normalized spacial score (nSPS) is 25.2. The number of likely N-dealkylation sites (N-methyl/N-ethyl adjacent to an activating group) is 1. The zero-order valence-electron chi connectivity index (χ0n) is 12.2. The molecule has 0 aliphatic heterocycles. The minimum Gasteiger partial charge on any atom is -0.508 e. The van der Waals surface area contributed by atoms with Gasteiger partial charge in [0.25, 0.3) is 0 Å². The Kier molecular flexibility index (Phi) is 5.26. The van der Waals surface area contributed by atoms with Crippen LogP contribution in [0.4, 0.5) is 0 Å². The summed E-state index contributed by atoms with van der Waals surface area (Å²) in [6.07, 6.45) is 6.48. The van der Waals surface area contributed by atoms with E-state index in [4.69, 9.17) is 0 Å². The van der Waals surface area contributed by atoms with Gasteiger partial charge in [0, 0.05) is 6.04 Å². The molecule has 0 aromatic heterocycles. The van der Waals surface area contributed by atoms with E-state index < -0.39 is 0 Å². The molecule has 2 nitrogen and oxygen atoms in total. The lowest BCUT2D eigenvalue weighted by Crippen LogP contribution is -2.40. The second-order valence-electron chi connectivity index (χ2n) is 6.07. The van der Waals surface area contributed by atoms with Gasteiger partial charge in [-0.1, -0.05) is 38.8 Å². The van der Waals surface area contributed by atoms with Crippen molar-refractivity contribution >= 4 is 0 Å². The summed E-state index contributed by atoms with van der Waals surface area (Å²) in [5.41, 5.74) is 1.24. The first kappa shape index (κ1) is 14.4. The van der Waals surface area contributed by atoms with Gasteiger partial charge in [-0.25, -0.2) is 0 Å². The number of phenolic OH excluding ortho intramolecular Hbond substituents is 1. The van der Waals surface area contributed by atoms with Crippen LogP contribution in [0.3, 0.4) is 0 Å². The Labute approximate surface area is 117 Å². The summed E-state index contributed by atoms with van der Waals surface area (Å²) in [7, 11) is 0. The Morgan fingerprint density at radius 1 is 1.37 bits per heavy atom. The third-order valence-electron chi connectivity index (χ3n) is 4.38. The molecular weight excluding hydrogens is 234 g/mol. The van der Waals surface area contributed by atoms with Crippen LogP contribution in [0.25, 0.3) is 0 Å². The van der Waals surface area contributed by atoms with Gasteiger partial charge in [-0.3, -0.25) is 0 Å². The third kappa shape index (κ3) is 4.24. The second-order valence-corrected chi connectivity index (χ2v) is 6.07. The third-order valence-corrected chi connectivity index (χ3v) is 4.38. The molecule has 3 atom stereocenters. The van der Waals surface area contributed by atoms with Crippen LogP contribution in [-0.4, -0.2) is 17.7 Å². The van der Waals surface area contributed by atoms with Crippen molar-refractivity contribution in [2.24, 2.45) is 11.8 Å². The van der Waals surface area contributed by atoms with Crippen LogP contribution < -0.4 is 5.32 Å². The van der Waals surface area contributed by atoms with Gasteiger partial charge in [-0.2, -0.15) is 0 Å². The highest BCUT2D eigenvalue weighted by molar-refractivity contribution is 5.27. The summed E-state index contributed by atoms with van der Waals surface area (Å²) in [6, 6.07) is 8.26. The number of benzene rings is 1. The monoisotopic (exact) mass is 261 g/mol. The van der Waals surface area contributed by atoms with Crippen molar-refractivity contribution in [2.75, 3.05) is 6.54 Å². The molecule has 1 aliphatic carbocycles. The molecule has 0 saturated heterocycles. The van der Waals surface area contributed by atoms with E-state index in [-0.39, 0.29) is 0 Å². The maximum absolute atomic E-state index is 9.59. The second kappa shape index (κ2) is 6.95. The first-order valence-electron chi connectivity index (χ1n) is 7.70. The van der Waals surface area contributed by atoms with Gasteiger partial charge in [0.15, 0.2) is 0 Å². The molecule has 0 amide bonds. The summed E-state index contributed by atoms with van der Waals surface area (Å²) in [5.74, 6) is 2.03. The van der Waals surface area contributed by atoms with Crippen LogP contribution in [0.5, 0.6) is 5.75 Å². The summed E-state index contributed by atoms with van der Waals surface area (Å²) >= 11 is 0. The lowest BCUT2D eigenvalue weighted by Gasteiger charge is -2.34. The Morgan fingerprint density at radius 3 is 2.89 bits per heavy atom. The van der Waals surface area contributed by atoms with Gasteiger partial charge >= 0.3 is 0 Å². The van der Waals surface area contributed by atoms with E-state index in [0.717, 1.165) is 24.8 Å². The Balaban J connectivity index is 2.02. The van der Waals surface area contributed by atoms with Crippen LogP contribution in [-0.2, 0) is 6.42 Å². The molecule has 0 bridgehead atoms. The maximum Gasteiger partial charge on any atom is 0.115 e. The molecule has 1 aromatic carbocycles. The fourth-order valence-corrected chi connectivity index (χ4v) is 3.45. The average Bonchev–Trinajstić information content (AvgIpc) is 2.38. The highest BCUT2D eigenvalue weighted by Gasteiger charge is 2.26. The summed E-state index contributed by atoms with van der Waals surface area (Å²) in [4.78, 5) is 0. The molecule has 1 aliphatic rings. The van der Waals surface area contributed by atoms with Gasteiger partial charge < -0.3 is 10.4 Å². The molecule has 0 heterocycles. The molecule has 0 spiro atoms. The fourth-order valence-electron chi connectivity index (χ4n) is 3.45. The molecule has 2 heteroatoms. The smallest absolute Gasteiger partial charge is 0.115 e. The van der Waals surface area contributed by atoms with Crippen molar-refractivity contribution in [3.05, 3.63) is 29.8 Å². The minimum atomic E-state index is 0.379. The van der Waals surface area contributed by atoms with Gasteiger partial charge in [0.2, 0.25) is 0 Å². The molecular formula is C17H27NO. The van der Waals surface area contributed by atoms with Crippen LogP contribution in [0.15, 0.2) is 24.3 Å². The number of phenols is 1. The standard InChI is InChI=1S/C17H27NO/c1-3-18-17(15-8-4-6-13(2)10-15)12-14-7-5-9-16(19)11-14/h5,7,9,11,13,15,17-19H,3-4,6,8,10,12H2,1-2H3. The van der Waals surface area contributed by atoms with Crippen molar-refractivity contribution in [3.8, 4) is 5.75 Å². The highest BCUT2D eigenvalue weighted by atomic mass is 16.3. The molecule has 3 unspecified atom stereocenters. The number of nitrogens with one attached hydrogen (secondary N) is 1. The number of aromatic hydroxyl groups is 1. The van der Waals surface area contributed by atoms with E-state index in [2.05, 4.69) is 25.2 Å². The van der Waals surface area contributed by atoms with Crippen LogP contribution in [0.2, 0.25) is 0 Å². The molecule has 2 N–H and O–H groups in total. The first-order chi connectivity index (χ1) is 9.19. The van der Waals surface area contributed by atoms with Crippen molar-refractivity contribution in [1.82, 2.24) is 5.32 Å². The summed E-state index contributed by atoms with van der Waals surface area (Å²) in [5, 5.41) is 13.2. The van der Waals surface area contributed by atoms with Crippen LogP contribution in [0, 0.1) is 11.8 Å². The van der Waals surface area contributed by atoms with Gasteiger partial charge in [0.05, 0.1) is 0 Å². The van der Waals surface area contributed by atoms with E-state index in [9.17, 15) is 5.11 Å². The Hall–Kier alpha value is -1.02. The maximum atomic E-state index is 9.59. The van der Waals surface area contributed by atoms with E-state index >= 15 is 0 Å². The van der Waals surface area contributed by atoms with E-state index in [0.29, 0.717) is 11.8 Å². The molecule has 1 fully saturated rings. The molecule has 1 aromatic rings. The molecule has 106 valence electrons. The fraction of sp³-hybridized carbons (Fsp3) is 0.647. The Bertz CT molecular complexity index is 391. The van der Waals surface area contributed by atoms with Crippen LogP contribution in [0.1, 0.15) is 45.1 Å². The topological polar surface area (TPSA) is 32.3 Å². The molecule has 2 rings (SSSR count). The van der Waals surface area contributed by atoms with E-state index in [1.807, 2.05) is 12.1 Å². The van der Waals surface area contributed by atoms with E-state index in [1.165, 1.54) is 31.2 Å². The lowest BCUT2D eigenvalue weighted by atomic mass is 9.77. The van der Waals surface area contributed by atoms with Crippen molar-refractivity contribution in [3.63, 3.8) is 0 Å². The van der Waals surface area contributed by atoms with Crippen LogP contribution >= 0.6 is 0 Å². The van der Waals surface area contributed by atoms with Gasteiger partial charge in [0.1, 0.15) is 5.75 Å². The van der Waals surface area contributed by atoms with Crippen molar-refractivity contribution in [2.45, 2.75) is 52.0 Å². The SMILES string of the molecule is CCNC(Cc1cccc(O)c1)C1CCCC(C)C1.